The molecule has 0 N–H and O–H groups in total. The third-order valence-electron chi connectivity index (χ3n) is 4.39. The molecule has 0 saturated carbocycles. The zero-order valence-electron chi connectivity index (χ0n) is 12.8. The number of likely N-dealkylation sites (tertiary alicyclic amines) is 1. The molecule has 23 heavy (non-hydrogen) atoms. The van der Waals surface area contributed by atoms with Gasteiger partial charge < -0.3 is 4.90 Å². The Balaban J connectivity index is 1.77. The summed E-state index contributed by atoms with van der Waals surface area (Å²) in [5.41, 5.74) is 2.05. The van der Waals surface area contributed by atoms with Crippen LogP contribution >= 0.6 is 34.2 Å². The molecular formula is C19H19ClINO. The molecule has 2 nitrogen and oxygen atoms in total. The lowest BCUT2D eigenvalue weighted by Crippen LogP contribution is -2.34. The van der Waals surface area contributed by atoms with Crippen LogP contribution in [0.15, 0.2) is 48.5 Å². The third-order valence-corrected chi connectivity index (χ3v) is 5.36. The zero-order valence-corrected chi connectivity index (χ0v) is 15.8. The number of carbonyl (C=O) groups excluding carboxylic acids is 1. The van der Waals surface area contributed by atoms with Crippen LogP contribution in [-0.4, -0.2) is 23.9 Å². The molecule has 1 unspecified atom stereocenters. The summed E-state index contributed by atoms with van der Waals surface area (Å²) in [4.78, 5) is 14.8. The summed E-state index contributed by atoms with van der Waals surface area (Å²) in [7, 11) is 0. The van der Waals surface area contributed by atoms with E-state index in [0.717, 1.165) is 46.5 Å². The van der Waals surface area contributed by atoms with Crippen LogP contribution in [0.4, 0.5) is 0 Å². The van der Waals surface area contributed by atoms with Crippen LogP contribution in [-0.2, 0) is 0 Å². The van der Waals surface area contributed by atoms with Gasteiger partial charge in [-0.2, -0.15) is 0 Å². The van der Waals surface area contributed by atoms with E-state index in [1.807, 2.05) is 41.3 Å². The molecule has 0 aliphatic carbocycles. The van der Waals surface area contributed by atoms with Crippen molar-refractivity contribution < 1.29 is 4.79 Å². The average molecular weight is 440 g/mol. The van der Waals surface area contributed by atoms with Gasteiger partial charge in [0.25, 0.3) is 5.91 Å². The fraction of sp³-hybridized carbons (Fsp3) is 0.316. The molecule has 0 bridgehead atoms. The molecule has 0 spiro atoms. The van der Waals surface area contributed by atoms with E-state index in [2.05, 4.69) is 34.7 Å². The normalized spacial score (nSPS) is 18.5. The summed E-state index contributed by atoms with van der Waals surface area (Å²) >= 11 is 8.25. The topological polar surface area (TPSA) is 20.3 Å². The maximum atomic E-state index is 12.8. The molecule has 2 aromatic carbocycles. The predicted octanol–water partition coefficient (Wildman–Crippen LogP) is 5.35. The second-order valence-electron chi connectivity index (χ2n) is 6.00. The number of halogens is 2. The summed E-state index contributed by atoms with van der Waals surface area (Å²) < 4.78 is 1.15. The molecule has 2 aromatic rings. The molecule has 3 rings (SSSR count). The number of hydrogen-bond donors (Lipinski definition) is 0. The first-order valence-corrected chi connectivity index (χ1v) is 9.39. The molecule has 1 saturated heterocycles. The Hall–Kier alpha value is -1.07. The summed E-state index contributed by atoms with van der Waals surface area (Å²) in [6.07, 6.45) is 3.35. The van der Waals surface area contributed by atoms with Gasteiger partial charge in [-0.1, -0.05) is 30.2 Å². The van der Waals surface area contributed by atoms with Crippen molar-refractivity contribution in [3.8, 4) is 0 Å². The number of rotatable bonds is 2. The van der Waals surface area contributed by atoms with Crippen molar-refractivity contribution in [2.45, 2.75) is 25.2 Å². The van der Waals surface area contributed by atoms with Crippen LogP contribution in [0.3, 0.4) is 0 Å². The standard InChI is InChI=1S/C19H19ClINO/c20-17-8-4-14(5-9-17)16-3-1-2-12-22(13-16)19(23)15-6-10-18(21)11-7-15/h4-11,16H,1-3,12-13H2. The molecule has 1 amide bonds. The fourth-order valence-electron chi connectivity index (χ4n) is 3.11. The molecule has 0 radical (unpaired) electrons. The quantitative estimate of drug-likeness (QED) is 0.577. The highest BCUT2D eigenvalue weighted by molar-refractivity contribution is 14.1. The highest BCUT2D eigenvalue weighted by Crippen LogP contribution is 2.28. The lowest BCUT2D eigenvalue weighted by atomic mass is 9.94. The Morgan fingerprint density at radius 2 is 1.74 bits per heavy atom. The highest BCUT2D eigenvalue weighted by Gasteiger charge is 2.23. The lowest BCUT2D eigenvalue weighted by molar-refractivity contribution is 0.0754. The Bertz CT molecular complexity index is 669. The Kier molecular flexibility index (Phi) is 5.59. The van der Waals surface area contributed by atoms with Crippen LogP contribution in [0.1, 0.15) is 41.1 Å². The molecule has 1 atom stereocenters. The minimum Gasteiger partial charge on any atom is -0.338 e. The largest absolute Gasteiger partial charge is 0.338 e. The maximum Gasteiger partial charge on any atom is 0.253 e. The van der Waals surface area contributed by atoms with Crippen LogP contribution in [0.2, 0.25) is 5.02 Å². The van der Waals surface area contributed by atoms with Crippen molar-refractivity contribution in [1.29, 1.82) is 0 Å². The van der Waals surface area contributed by atoms with E-state index in [9.17, 15) is 4.79 Å². The average Bonchev–Trinajstić information content (AvgIpc) is 2.82. The number of hydrogen-bond acceptors (Lipinski definition) is 1. The van der Waals surface area contributed by atoms with E-state index < -0.39 is 0 Å². The van der Waals surface area contributed by atoms with Gasteiger partial charge in [0.1, 0.15) is 0 Å². The molecule has 1 heterocycles. The van der Waals surface area contributed by atoms with Crippen molar-refractivity contribution in [3.05, 3.63) is 68.3 Å². The van der Waals surface area contributed by atoms with Crippen molar-refractivity contribution in [2.75, 3.05) is 13.1 Å². The van der Waals surface area contributed by atoms with Gasteiger partial charge in [-0.15, -0.1) is 0 Å². The van der Waals surface area contributed by atoms with Gasteiger partial charge in [-0.3, -0.25) is 4.79 Å². The van der Waals surface area contributed by atoms with E-state index in [4.69, 9.17) is 11.6 Å². The monoisotopic (exact) mass is 439 g/mol. The van der Waals surface area contributed by atoms with Crippen molar-refractivity contribution in [2.24, 2.45) is 0 Å². The predicted molar refractivity (Wildman–Crippen MR) is 103 cm³/mol. The van der Waals surface area contributed by atoms with E-state index in [-0.39, 0.29) is 5.91 Å². The van der Waals surface area contributed by atoms with Crippen molar-refractivity contribution >= 4 is 40.1 Å². The number of benzene rings is 2. The van der Waals surface area contributed by atoms with Gasteiger partial charge in [0.2, 0.25) is 0 Å². The number of carbonyl (C=O) groups is 1. The smallest absolute Gasteiger partial charge is 0.253 e. The van der Waals surface area contributed by atoms with E-state index >= 15 is 0 Å². The minimum atomic E-state index is 0.141. The fourth-order valence-corrected chi connectivity index (χ4v) is 3.59. The van der Waals surface area contributed by atoms with Gasteiger partial charge in [0.15, 0.2) is 0 Å². The molecular weight excluding hydrogens is 421 g/mol. The molecule has 1 aliphatic rings. The second-order valence-corrected chi connectivity index (χ2v) is 7.68. The second kappa shape index (κ2) is 7.67. The van der Waals surface area contributed by atoms with Gasteiger partial charge in [0.05, 0.1) is 0 Å². The first-order valence-electron chi connectivity index (χ1n) is 7.94. The summed E-state index contributed by atoms with van der Waals surface area (Å²) in [5.74, 6) is 0.532. The molecule has 1 fully saturated rings. The van der Waals surface area contributed by atoms with Crippen molar-refractivity contribution in [3.63, 3.8) is 0 Å². The Morgan fingerprint density at radius 1 is 1.04 bits per heavy atom. The third kappa shape index (κ3) is 4.27. The Morgan fingerprint density at radius 3 is 2.43 bits per heavy atom. The minimum absolute atomic E-state index is 0.141. The number of nitrogens with zero attached hydrogens (tertiary/aromatic N) is 1. The van der Waals surface area contributed by atoms with Gasteiger partial charge in [0, 0.05) is 33.2 Å². The highest BCUT2D eigenvalue weighted by atomic mass is 127. The lowest BCUT2D eigenvalue weighted by Gasteiger charge is -2.25. The Labute approximate surface area is 156 Å². The number of amides is 1. The molecule has 4 heteroatoms. The van der Waals surface area contributed by atoms with Crippen LogP contribution in [0.25, 0.3) is 0 Å². The molecule has 0 aromatic heterocycles. The van der Waals surface area contributed by atoms with Crippen LogP contribution in [0.5, 0.6) is 0 Å². The summed E-state index contributed by atoms with van der Waals surface area (Å²) in [5, 5.41) is 0.759. The molecule has 1 aliphatic heterocycles. The van der Waals surface area contributed by atoms with Crippen LogP contribution in [0, 0.1) is 3.57 Å². The molecule has 120 valence electrons. The first-order chi connectivity index (χ1) is 11.1. The summed E-state index contributed by atoms with van der Waals surface area (Å²) in [6, 6.07) is 15.9. The van der Waals surface area contributed by atoms with E-state index in [0.29, 0.717) is 5.92 Å². The van der Waals surface area contributed by atoms with E-state index in [1.165, 1.54) is 5.56 Å². The summed E-state index contributed by atoms with van der Waals surface area (Å²) in [6.45, 7) is 1.63. The zero-order chi connectivity index (χ0) is 16.2. The first kappa shape index (κ1) is 16.8. The maximum absolute atomic E-state index is 12.8. The van der Waals surface area contributed by atoms with Gasteiger partial charge in [-0.25, -0.2) is 0 Å². The SMILES string of the molecule is O=C(c1ccc(I)cc1)N1CCCCC(c2ccc(Cl)cc2)C1. The van der Waals surface area contributed by atoms with Crippen molar-refractivity contribution in [1.82, 2.24) is 4.90 Å². The van der Waals surface area contributed by atoms with Crippen LogP contribution < -0.4 is 0 Å². The van der Waals surface area contributed by atoms with E-state index in [1.54, 1.807) is 0 Å². The van der Waals surface area contributed by atoms with Gasteiger partial charge >= 0.3 is 0 Å². The van der Waals surface area contributed by atoms with Gasteiger partial charge in [-0.05, 0) is 77.4 Å².